The molecular formula is C52H33NS. The molecule has 1 nitrogen and oxygen atoms in total. The summed E-state index contributed by atoms with van der Waals surface area (Å²) in [4.78, 5) is 2.43. The summed E-state index contributed by atoms with van der Waals surface area (Å²) >= 11 is 1.89. The van der Waals surface area contributed by atoms with Gasteiger partial charge >= 0.3 is 0 Å². The van der Waals surface area contributed by atoms with Gasteiger partial charge in [0.1, 0.15) is 0 Å². The van der Waals surface area contributed by atoms with Gasteiger partial charge in [-0.1, -0.05) is 158 Å². The number of nitrogens with zero attached hydrogens (tertiary/aromatic N) is 1. The first-order valence-corrected chi connectivity index (χ1v) is 19.3. The average Bonchev–Trinajstić information content (AvgIpc) is 3.63. The molecule has 54 heavy (non-hydrogen) atoms. The van der Waals surface area contributed by atoms with Crippen LogP contribution in [0.3, 0.4) is 0 Å². The summed E-state index contributed by atoms with van der Waals surface area (Å²) in [6.45, 7) is 0. The summed E-state index contributed by atoms with van der Waals surface area (Å²) in [7, 11) is 0. The van der Waals surface area contributed by atoms with E-state index in [4.69, 9.17) is 0 Å². The Morgan fingerprint density at radius 1 is 0.333 bits per heavy atom. The van der Waals surface area contributed by atoms with E-state index in [1.165, 1.54) is 85.5 Å². The van der Waals surface area contributed by atoms with E-state index in [0.29, 0.717) is 0 Å². The van der Waals surface area contributed by atoms with Gasteiger partial charge in [0.15, 0.2) is 0 Å². The third kappa shape index (κ3) is 4.92. The maximum atomic E-state index is 2.43. The molecule has 10 aromatic carbocycles. The van der Waals surface area contributed by atoms with Gasteiger partial charge in [0.05, 0.1) is 5.69 Å². The first-order valence-electron chi connectivity index (χ1n) is 18.5. The van der Waals surface area contributed by atoms with Crippen molar-refractivity contribution in [3.05, 3.63) is 200 Å². The van der Waals surface area contributed by atoms with Crippen LogP contribution in [0.2, 0.25) is 0 Å². The van der Waals surface area contributed by atoms with Crippen LogP contribution in [0.5, 0.6) is 0 Å². The lowest BCUT2D eigenvalue weighted by molar-refractivity contribution is 1.30. The van der Waals surface area contributed by atoms with Gasteiger partial charge in [-0.15, -0.1) is 11.3 Å². The zero-order valence-corrected chi connectivity index (χ0v) is 30.2. The molecule has 1 heterocycles. The highest BCUT2D eigenvalue weighted by atomic mass is 32.1. The predicted octanol–water partition coefficient (Wildman–Crippen LogP) is 15.5. The highest BCUT2D eigenvalue weighted by Crippen LogP contribution is 2.46. The van der Waals surface area contributed by atoms with E-state index in [9.17, 15) is 0 Å². The molecule has 11 aromatic rings. The average molecular weight is 704 g/mol. The number of hydrogen-bond donors (Lipinski definition) is 0. The Hall–Kier alpha value is -6.74. The quantitative estimate of drug-likeness (QED) is 0.161. The third-order valence-electron chi connectivity index (χ3n) is 11.0. The molecule has 2 heteroatoms. The minimum Gasteiger partial charge on any atom is -0.310 e. The van der Waals surface area contributed by atoms with Crippen molar-refractivity contribution in [3.63, 3.8) is 0 Å². The predicted molar refractivity (Wildman–Crippen MR) is 235 cm³/mol. The minimum atomic E-state index is 1.11. The van der Waals surface area contributed by atoms with Crippen LogP contribution >= 0.6 is 11.3 Å². The van der Waals surface area contributed by atoms with Gasteiger partial charge < -0.3 is 4.90 Å². The van der Waals surface area contributed by atoms with Gasteiger partial charge in [-0.2, -0.15) is 0 Å². The standard InChI is InChI=1S/C52H33NS/c1-2-12-34(13-3-1)37-16-10-17-40(32-37)53(49-22-11-21-46-43(49)30-31-47-44-20-8-9-23-50(44)54-52(46)47)39-27-24-36(25-28-39)48-33-38-15-5-7-19-42(38)51-41-18-6-4-14-35(41)26-29-45(48)51/h1-33H. The van der Waals surface area contributed by atoms with Crippen LogP contribution < -0.4 is 4.90 Å². The Morgan fingerprint density at radius 3 is 1.81 bits per heavy atom. The van der Waals surface area contributed by atoms with Crippen molar-refractivity contribution in [3.8, 4) is 22.3 Å². The van der Waals surface area contributed by atoms with E-state index in [1.54, 1.807) is 0 Å². The monoisotopic (exact) mass is 703 g/mol. The molecule has 252 valence electrons. The van der Waals surface area contributed by atoms with Crippen LogP contribution in [-0.2, 0) is 0 Å². The van der Waals surface area contributed by atoms with E-state index >= 15 is 0 Å². The molecule has 1 aromatic heterocycles. The molecule has 0 aliphatic carbocycles. The smallest absolute Gasteiger partial charge is 0.0540 e. The van der Waals surface area contributed by atoms with E-state index in [2.05, 4.69) is 205 Å². The van der Waals surface area contributed by atoms with Crippen molar-refractivity contribution in [2.24, 2.45) is 0 Å². The lowest BCUT2D eigenvalue weighted by Gasteiger charge is -2.28. The van der Waals surface area contributed by atoms with Crippen LogP contribution in [0.1, 0.15) is 0 Å². The fourth-order valence-corrected chi connectivity index (χ4v) is 9.73. The molecule has 0 amide bonds. The fourth-order valence-electron chi connectivity index (χ4n) is 8.50. The Morgan fingerprint density at radius 2 is 0.963 bits per heavy atom. The van der Waals surface area contributed by atoms with Crippen molar-refractivity contribution in [1.29, 1.82) is 0 Å². The summed E-state index contributed by atoms with van der Waals surface area (Å²) in [5.74, 6) is 0. The fraction of sp³-hybridized carbons (Fsp3) is 0. The second-order valence-corrected chi connectivity index (χ2v) is 15.1. The van der Waals surface area contributed by atoms with E-state index in [1.807, 2.05) is 11.3 Å². The summed E-state index contributed by atoms with van der Waals surface area (Å²) in [5, 5.41) is 12.8. The topological polar surface area (TPSA) is 3.24 Å². The molecule has 0 spiro atoms. The molecule has 0 atom stereocenters. The van der Waals surface area contributed by atoms with Crippen LogP contribution in [0.4, 0.5) is 17.1 Å². The Kier molecular flexibility index (Phi) is 7.11. The molecule has 11 rings (SSSR count). The Labute approximate surface area is 317 Å². The normalized spacial score (nSPS) is 11.7. The Bertz CT molecular complexity index is 3200. The van der Waals surface area contributed by atoms with E-state index < -0.39 is 0 Å². The van der Waals surface area contributed by atoms with Gasteiger partial charge in [-0.25, -0.2) is 0 Å². The largest absolute Gasteiger partial charge is 0.310 e. The summed E-state index contributed by atoms with van der Waals surface area (Å²) < 4.78 is 2.65. The highest BCUT2D eigenvalue weighted by Gasteiger charge is 2.19. The molecule has 0 radical (unpaired) electrons. The first-order chi connectivity index (χ1) is 26.8. The molecule has 0 aliphatic rings. The highest BCUT2D eigenvalue weighted by molar-refractivity contribution is 7.26. The molecule has 0 unspecified atom stereocenters. The number of thiophene rings is 1. The summed E-state index contributed by atoms with van der Waals surface area (Å²) in [6.07, 6.45) is 0. The zero-order chi connectivity index (χ0) is 35.6. The lowest BCUT2D eigenvalue weighted by atomic mass is 9.90. The molecular weight excluding hydrogens is 671 g/mol. The van der Waals surface area contributed by atoms with Gasteiger partial charge in [-0.3, -0.25) is 0 Å². The van der Waals surface area contributed by atoms with Gasteiger partial charge in [0.25, 0.3) is 0 Å². The summed E-state index contributed by atoms with van der Waals surface area (Å²) in [5.41, 5.74) is 8.24. The third-order valence-corrected chi connectivity index (χ3v) is 12.2. The van der Waals surface area contributed by atoms with Crippen molar-refractivity contribution in [2.45, 2.75) is 0 Å². The summed E-state index contributed by atoms with van der Waals surface area (Å²) in [6, 6.07) is 73.5. The lowest BCUT2D eigenvalue weighted by Crippen LogP contribution is -2.10. The van der Waals surface area contributed by atoms with Gasteiger partial charge in [0.2, 0.25) is 0 Å². The van der Waals surface area contributed by atoms with Crippen LogP contribution in [0, 0.1) is 0 Å². The van der Waals surface area contributed by atoms with Crippen LogP contribution in [0.25, 0.3) is 85.5 Å². The minimum absolute atomic E-state index is 1.11. The maximum absolute atomic E-state index is 2.43. The first kappa shape index (κ1) is 30.8. The molecule has 0 bridgehead atoms. The van der Waals surface area contributed by atoms with Crippen molar-refractivity contribution in [2.75, 3.05) is 4.90 Å². The molecule has 0 saturated carbocycles. The molecule has 0 fully saturated rings. The van der Waals surface area contributed by atoms with Crippen LogP contribution in [0.15, 0.2) is 200 Å². The zero-order valence-electron chi connectivity index (χ0n) is 29.4. The van der Waals surface area contributed by atoms with Gasteiger partial charge in [-0.05, 0) is 97.0 Å². The van der Waals surface area contributed by atoms with Crippen molar-refractivity contribution in [1.82, 2.24) is 0 Å². The van der Waals surface area contributed by atoms with E-state index in [0.717, 1.165) is 17.1 Å². The SMILES string of the molecule is c1ccc(-c2cccc(N(c3ccc(-c4cc5ccccc5c5c4ccc4ccccc45)cc3)c3cccc4c3ccc3c5ccccc5sc43)c2)cc1. The molecule has 0 N–H and O–H groups in total. The second kappa shape index (κ2) is 12.4. The number of benzene rings is 10. The number of hydrogen-bond acceptors (Lipinski definition) is 2. The maximum Gasteiger partial charge on any atom is 0.0540 e. The van der Waals surface area contributed by atoms with E-state index in [-0.39, 0.29) is 0 Å². The van der Waals surface area contributed by atoms with Crippen molar-refractivity contribution >= 4 is 91.7 Å². The van der Waals surface area contributed by atoms with Crippen LogP contribution in [-0.4, -0.2) is 0 Å². The van der Waals surface area contributed by atoms with Crippen molar-refractivity contribution < 1.29 is 0 Å². The molecule has 0 aliphatic heterocycles. The number of fused-ring (bicyclic) bond motifs is 10. The number of rotatable bonds is 5. The second-order valence-electron chi connectivity index (χ2n) is 14.1. The number of anilines is 3. The molecule has 0 saturated heterocycles. The Balaban J connectivity index is 1.12. The van der Waals surface area contributed by atoms with Gasteiger partial charge in [0, 0.05) is 42.3 Å².